The Bertz CT molecular complexity index is 694. The molecule has 2 aromatic carbocycles. The van der Waals surface area contributed by atoms with Gasteiger partial charge in [0.05, 0.1) is 7.11 Å². The molecule has 0 bridgehead atoms. The normalized spacial score (nSPS) is 23.9. The molecule has 0 amide bonds. The largest absolute Gasteiger partial charge is 0.512 e. The highest BCUT2D eigenvalue weighted by atomic mass is 16.5. The molecule has 23 heavy (non-hydrogen) atoms. The lowest BCUT2D eigenvalue weighted by Crippen LogP contribution is -2.32. The highest BCUT2D eigenvalue weighted by molar-refractivity contribution is 5.76. The first-order chi connectivity index (χ1) is 11.2. The maximum atomic E-state index is 12.1. The molecule has 0 saturated heterocycles. The first-order valence-electron chi connectivity index (χ1n) is 7.44. The maximum Gasteiger partial charge on any atom is 0.319 e. The van der Waals surface area contributed by atoms with E-state index in [1.165, 1.54) is 7.11 Å². The number of rotatable bonds is 3. The summed E-state index contributed by atoms with van der Waals surface area (Å²) in [6.45, 7) is 0. The number of benzene rings is 2. The summed E-state index contributed by atoms with van der Waals surface area (Å²) in [6.07, 6.45) is 0.553. The van der Waals surface area contributed by atoms with Gasteiger partial charge in [-0.25, -0.2) is 0 Å². The number of hydrogen-bond donors (Lipinski definition) is 1. The van der Waals surface area contributed by atoms with Crippen molar-refractivity contribution in [2.75, 3.05) is 7.11 Å². The van der Waals surface area contributed by atoms with Gasteiger partial charge in [0.25, 0.3) is 0 Å². The third kappa shape index (κ3) is 3.12. The molecule has 0 saturated carbocycles. The zero-order valence-electron chi connectivity index (χ0n) is 12.8. The summed E-state index contributed by atoms with van der Waals surface area (Å²) in [5.41, 5.74) is 1.74. The Hall–Kier alpha value is -2.59. The zero-order chi connectivity index (χ0) is 16.2. The smallest absolute Gasteiger partial charge is 0.319 e. The van der Waals surface area contributed by atoms with Gasteiger partial charge in [-0.2, -0.15) is 0 Å². The van der Waals surface area contributed by atoms with Crippen LogP contribution in [0.25, 0.3) is 0 Å². The molecule has 3 rings (SSSR count). The Kier molecular flexibility index (Phi) is 4.44. The second-order valence-corrected chi connectivity index (χ2v) is 5.39. The van der Waals surface area contributed by atoms with Crippen LogP contribution in [0.5, 0.6) is 0 Å². The molecule has 0 fully saturated rings. The Morgan fingerprint density at radius 3 is 2.13 bits per heavy atom. The number of methoxy groups -OCH3 is 1. The first-order valence-corrected chi connectivity index (χ1v) is 7.44. The van der Waals surface area contributed by atoms with Gasteiger partial charge < -0.3 is 14.6 Å². The number of carbonyl (C=O) groups excluding carboxylic acids is 1. The van der Waals surface area contributed by atoms with Gasteiger partial charge in [-0.05, 0) is 17.2 Å². The Balaban J connectivity index is 2.01. The van der Waals surface area contributed by atoms with Crippen molar-refractivity contribution in [3.63, 3.8) is 0 Å². The lowest BCUT2D eigenvalue weighted by Gasteiger charge is -2.33. The van der Waals surface area contributed by atoms with Crippen LogP contribution in [-0.4, -0.2) is 18.2 Å². The van der Waals surface area contributed by atoms with E-state index in [0.717, 1.165) is 11.1 Å². The van der Waals surface area contributed by atoms with Gasteiger partial charge in [0.2, 0.25) is 0 Å². The molecule has 118 valence electrons. The number of carbonyl (C=O) groups is 1. The molecule has 4 nitrogen and oxygen atoms in total. The number of hydrogen-bond acceptors (Lipinski definition) is 4. The van der Waals surface area contributed by atoms with Crippen molar-refractivity contribution >= 4 is 5.97 Å². The molecule has 0 aromatic heterocycles. The highest BCUT2D eigenvalue weighted by Gasteiger charge is 2.40. The predicted octanol–water partition coefficient (Wildman–Crippen LogP) is 3.73. The summed E-state index contributed by atoms with van der Waals surface area (Å²) in [5.74, 6) is -1.40. The van der Waals surface area contributed by atoms with Gasteiger partial charge in [0.1, 0.15) is 23.9 Å². The van der Waals surface area contributed by atoms with Crippen LogP contribution < -0.4 is 0 Å². The molecule has 1 aliphatic heterocycles. The van der Waals surface area contributed by atoms with E-state index in [1.54, 1.807) is 6.08 Å². The van der Waals surface area contributed by atoms with Gasteiger partial charge in [-0.1, -0.05) is 60.7 Å². The van der Waals surface area contributed by atoms with Crippen LogP contribution in [0, 0.1) is 5.92 Å². The van der Waals surface area contributed by atoms with Crippen molar-refractivity contribution < 1.29 is 19.4 Å². The quantitative estimate of drug-likeness (QED) is 0.878. The third-order valence-corrected chi connectivity index (χ3v) is 3.95. The number of esters is 1. The molecule has 0 spiro atoms. The van der Waals surface area contributed by atoms with E-state index in [1.807, 2.05) is 60.7 Å². The molecule has 4 heteroatoms. The summed E-state index contributed by atoms with van der Waals surface area (Å²) in [4.78, 5) is 12.1. The molecule has 3 atom stereocenters. The van der Waals surface area contributed by atoms with Crippen molar-refractivity contribution in [1.82, 2.24) is 0 Å². The summed E-state index contributed by atoms with van der Waals surface area (Å²) in [7, 11) is 1.31. The van der Waals surface area contributed by atoms with Crippen molar-refractivity contribution in [3.8, 4) is 0 Å². The average molecular weight is 310 g/mol. The van der Waals surface area contributed by atoms with Gasteiger partial charge in [-0.15, -0.1) is 0 Å². The van der Waals surface area contributed by atoms with Gasteiger partial charge >= 0.3 is 5.97 Å². The van der Waals surface area contributed by atoms with Crippen LogP contribution in [0.2, 0.25) is 0 Å². The van der Waals surface area contributed by atoms with E-state index in [0.29, 0.717) is 0 Å². The van der Waals surface area contributed by atoms with E-state index >= 15 is 0 Å². The van der Waals surface area contributed by atoms with E-state index < -0.39 is 24.1 Å². The average Bonchev–Trinajstić information content (AvgIpc) is 2.62. The summed E-state index contributed by atoms with van der Waals surface area (Å²) >= 11 is 0. The van der Waals surface area contributed by atoms with E-state index in [4.69, 9.17) is 9.47 Å². The second kappa shape index (κ2) is 6.67. The van der Waals surface area contributed by atoms with Crippen molar-refractivity contribution in [2.24, 2.45) is 5.92 Å². The summed E-state index contributed by atoms with van der Waals surface area (Å²) in [5, 5.41) is 10.4. The Morgan fingerprint density at radius 1 is 1.00 bits per heavy atom. The van der Waals surface area contributed by atoms with Crippen molar-refractivity contribution in [2.45, 2.75) is 12.2 Å². The molecule has 2 aromatic rings. The fraction of sp³-hybridized carbons (Fsp3) is 0.211. The maximum absolute atomic E-state index is 12.1. The standard InChI is InChI=1S/C19H18O4/c1-22-19(21)17-15(20)12-16(13-8-4-2-5-9-13)23-18(17)14-10-6-3-7-11-14/h2-12,16-18,20H,1H3/t16-,17+,18-/m1/s1. The van der Waals surface area contributed by atoms with Crippen LogP contribution in [0.1, 0.15) is 23.3 Å². The minimum atomic E-state index is -0.859. The molecule has 0 aliphatic carbocycles. The van der Waals surface area contributed by atoms with E-state index in [-0.39, 0.29) is 5.76 Å². The van der Waals surface area contributed by atoms with Crippen molar-refractivity contribution in [1.29, 1.82) is 0 Å². The van der Waals surface area contributed by atoms with Crippen LogP contribution in [0.15, 0.2) is 72.5 Å². The number of ether oxygens (including phenoxy) is 2. The lowest BCUT2D eigenvalue weighted by atomic mass is 9.89. The molecular formula is C19H18O4. The molecule has 1 N–H and O–H groups in total. The fourth-order valence-corrected chi connectivity index (χ4v) is 2.79. The SMILES string of the molecule is COC(=O)[C@H]1C(O)=C[C@H](c2ccccc2)O[C@@H]1c1ccccc1. The zero-order valence-corrected chi connectivity index (χ0v) is 12.8. The van der Waals surface area contributed by atoms with Crippen LogP contribution in [0.4, 0.5) is 0 Å². The molecule has 0 radical (unpaired) electrons. The predicted molar refractivity (Wildman–Crippen MR) is 85.7 cm³/mol. The molecule has 1 aliphatic rings. The minimum absolute atomic E-state index is 0.0224. The molecular weight excluding hydrogens is 292 g/mol. The van der Waals surface area contributed by atoms with Gasteiger partial charge in [-0.3, -0.25) is 4.79 Å². The van der Waals surface area contributed by atoms with Gasteiger partial charge in [0.15, 0.2) is 0 Å². The van der Waals surface area contributed by atoms with E-state index in [9.17, 15) is 9.90 Å². The summed E-state index contributed by atoms with van der Waals surface area (Å²) < 4.78 is 11.0. The number of aliphatic hydroxyl groups excluding tert-OH is 1. The Morgan fingerprint density at radius 2 is 1.57 bits per heavy atom. The van der Waals surface area contributed by atoms with Crippen LogP contribution >= 0.6 is 0 Å². The molecule has 1 heterocycles. The first kappa shape index (κ1) is 15.3. The Labute approximate surface area is 135 Å². The fourth-order valence-electron chi connectivity index (χ4n) is 2.79. The van der Waals surface area contributed by atoms with E-state index in [2.05, 4.69) is 0 Å². The van der Waals surface area contributed by atoms with Crippen LogP contribution in [0.3, 0.4) is 0 Å². The minimum Gasteiger partial charge on any atom is -0.512 e. The topological polar surface area (TPSA) is 55.8 Å². The number of aliphatic hydroxyl groups is 1. The monoisotopic (exact) mass is 310 g/mol. The second-order valence-electron chi connectivity index (χ2n) is 5.39. The van der Waals surface area contributed by atoms with Crippen molar-refractivity contribution in [3.05, 3.63) is 83.6 Å². The molecule has 0 unspecified atom stereocenters. The third-order valence-electron chi connectivity index (χ3n) is 3.95. The lowest BCUT2D eigenvalue weighted by molar-refractivity contribution is -0.154. The summed E-state index contributed by atoms with van der Waals surface area (Å²) in [6, 6.07) is 19.0. The van der Waals surface area contributed by atoms with Crippen LogP contribution in [-0.2, 0) is 14.3 Å². The van der Waals surface area contributed by atoms with Gasteiger partial charge in [0, 0.05) is 0 Å². The highest BCUT2D eigenvalue weighted by Crippen LogP contribution is 2.41.